The van der Waals surface area contributed by atoms with Gasteiger partial charge in [0, 0.05) is 11.6 Å². The number of hydrogen-bond donors (Lipinski definition) is 0. The number of halogens is 1. The van der Waals surface area contributed by atoms with Crippen LogP contribution in [0.25, 0.3) is 11.3 Å². The molecule has 0 unspecified atom stereocenters. The molecular weight excluding hydrogens is 225 g/mol. The van der Waals surface area contributed by atoms with Gasteiger partial charge in [-0.25, -0.2) is 9.18 Å². The van der Waals surface area contributed by atoms with Gasteiger partial charge in [-0.1, -0.05) is 5.16 Å². The highest BCUT2D eigenvalue weighted by Crippen LogP contribution is 2.20. The van der Waals surface area contributed by atoms with Crippen molar-refractivity contribution in [3.05, 3.63) is 41.8 Å². The van der Waals surface area contributed by atoms with Gasteiger partial charge in [0.1, 0.15) is 5.82 Å². The third kappa shape index (κ3) is 2.50. The maximum atomic E-state index is 12.7. The SMILES string of the molecule is CCOC(=O)c1cc(-c2ccc(F)cc2)on1. The Morgan fingerprint density at radius 1 is 1.41 bits per heavy atom. The van der Waals surface area contributed by atoms with Crippen LogP contribution in [-0.2, 0) is 4.74 Å². The van der Waals surface area contributed by atoms with Gasteiger partial charge in [0.05, 0.1) is 6.61 Å². The molecule has 1 aromatic carbocycles. The number of carbonyl (C=O) groups excluding carboxylic acids is 1. The van der Waals surface area contributed by atoms with Gasteiger partial charge in [-0.3, -0.25) is 0 Å². The molecule has 17 heavy (non-hydrogen) atoms. The summed E-state index contributed by atoms with van der Waals surface area (Å²) in [5.74, 6) is -0.475. The van der Waals surface area contributed by atoms with E-state index in [0.29, 0.717) is 11.3 Å². The molecule has 0 aliphatic carbocycles. The monoisotopic (exact) mass is 235 g/mol. The molecule has 0 saturated heterocycles. The number of benzene rings is 1. The molecule has 1 heterocycles. The van der Waals surface area contributed by atoms with Crippen LogP contribution >= 0.6 is 0 Å². The van der Waals surface area contributed by atoms with E-state index in [-0.39, 0.29) is 18.1 Å². The van der Waals surface area contributed by atoms with Gasteiger partial charge in [0.15, 0.2) is 11.5 Å². The lowest BCUT2D eigenvalue weighted by molar-refractivity contribution is 0.0514. The summed E-state index contributed by atoms with van der Waals surface area (Å²) in [5.41, 5.74) is 0.751. The Bertz CT molecular complexity index is 519. The average molecular weight is 235 g/mol. The Kier molecular flexibility index (Phi) is 3.18. The third-order valence-corrected chi connectivity index (χ3v) is 2.12. The van der Waals surface area contributed by atoms with Crippen molar-refractivity contribution < 1.29 is 18.4 Å². The first-order valence-electron chi connectivity index (χ1n) is 5.10. The minimum Gasteiger partial charge on any atom is -0.461 e. The van der Waals surface area contributed by atoms with Crippen molar-refractivity contribution in [3.8, 4) is 11.3 Å². The van der Waals surface area contributed by atoms with Crippen molar-refractivity contribution in [3.63, 3.8) is 0 Å². The van der Waals surface area contributed by atoms with Gasteiger partial charge in [-0.2, -0.15) is 0 Å². The summed E-state index contributed by atoms with van der Waals surface area (Å²) < 4.78 is 22.5. The molecule has 5 heteroatoms. The van der Waals surface area contributed by atoms with Crippen molar-refractivity contribution >= 4 is 5.97 Å². The van der Waals surface area contributed by atoms with Crippen LogP contribution in [0.3, 0.4) is 0 Å². The molecule has 4 nitrogen and oxygen atoms in total. The third-order valence-electron chi connectivity index (χ3n) is 2.12. The zero-order valence-corrected chi connectivity index (χ0v) is 9.14. The topological polar surface area (TPSA) is 52.3 Å². The number of nitrogens with zero attached hydrogens (tertiary/aromatic N) is 1. The smallest absolute Gasteiger partial charge is 0.360 e. The van der Waals surface area contributed by atoms with Crippen molar-refractivity contribution in [2.75, 3.05) is 6.61 Å². The highest BCUT2D eigenvalue weighted by atomic mass is 19.1. The first-order chi connectivity index (χ1) is 8.20. The van der Waals surface area contributed by atoms with E-state index in [9.17, 15) is 9.18 Å². The quantitative estimate of drug-likeness (QED) is 0.767. The van der Waals surface area contributed by atoms with E-state index in [1.165, 1.54) is 18.2 Å². The minimum atomic E-state index is -0.537. The van der Waals surface area contributed by atoms with Gasteiger partial charge in [0.2, 0.25) is 0 Å². The van der Waals surface area contributed by atoms with Crippen LogP contribution in [0.5, 0.6) is 0 Å². The zero-order valence-electron chi connectivity index (χ0n) is 9.14. The van der Waals surface area contributed by atoms with Gasteiger partial charge in [0.25, 0.3) is 0 Å². The highest BCUT2D eigenvalue weighted by Gasteiger charge is 2.14. The summed E-state index contributed by atoms with van der Waals surface area (Å²) >= 11 is 0. The second-order valence-corrected chi connectivity index (χ2v) is 3.30. The number of carbonyl (C=O) groups is 1. The molecule has 0 atom stereocenters. The lowest BCUT2D eigenvalue weighted by Gasteiger charge is -1.94. The number of ether oxygens (including phenoxy) is 1. The summed E-state index contributed by atoms with van der Waals surface area (Å²) in [6, 6.07) is 7.17. The zero-order chi connectivity index (χ0) is 12.3. The van der Waals surface area contributed by atoms with E-state index >= 15 is 0 Å². The molecule has 2 aromatic rings. The molecule has 0 spiro atoms. The lowest BCUT2D eigenvalue weighted by Crippen LogP contribution is -2.04. The summed E-state index contributed by atoms with van der Waals surface area (Å²) in [4.78, 5) is 11.3. The van der Waals surface area contributed by atoms with Crippen molar-refractivity contribution in [1.29, 1.82) is 0 Å². The van der Waals surface area contributed by atoms with E-state index in [2.05, 4.69) is 5.16 Å². The van der Waals surface area contributed by atoms with Crippen molar-refractivity contribution in [2.24, 2.45) is 0 Å². The second kappa shape index (κ2) is 4.78. The van der Waals surface area contributed by atoms with E-state index in [0.717, 1.165) is 0 Å². The van der Waals surface area contributed by atoms with Crippen LogP contribution in [-0.4, -0.2) is 17.7 Å². The fourth-order valence-electron chi connectivity index (χ4n) is 1.33. The van der Waals surface area contributed by atoms with Gasteiger partial charge < -0.3 is 9.26 Å². The lowest BCUT2D eigenvalue weighted by atomic mass is 10.1. The Balaban J connectivity index is 2.23. The Hall–Kier alpha value is -2.17. The van der Waals surface area contributed by atoms with Crippen molar-refractivity contribution in [2.45, 2.75) is 6.92 Å². The van der Waals surface area contributed by atoms with Gasteiger partial charge in [-0.05, 0) is 31.2 Å². The summed E-state index contributed by atoms with van der Waals surface area (Å²) in [6.07, 6.45) is 0. The summed E-state index contributed by atoms with van der Waals surface area (Å²) in [7, 11) is 0. The summed E-state index contributed by atoms with van der Waals surface area (Å²) in [6.45, 7) is 1.98. The molecule has 0 bridgehead atoms. The number of hydrogen-bond acceptors (Lipinski definition) is 4. The van der Waals surface area contributed by atoms with Crippen LogP contribution in [0, 0.1) is 5.82 Å². The molecule has 0 aliphatic heterocycles. The maximum Gasteiger partial charge on any atom is 0.360 e. The van der Waals surface area contributed by atoms with Crippen LogP contribution in [0.4, 0.5) is 4.39 Å². The van der Waals surface area contributed by atoms with Crippen molar-refractivity contribution in [1.82, 2.24) is 5.16 Å². The van der Waals surface area contributed by atoms with E-state index in [4.69, 9.17) is 9.26 Å². The molecule has 0 radical (unpaired) electrons. The average Bonchev–Trinajstić information content (AvgIpc) is 2.80. The molecule has 0 N–H and O–H groups in total. The van der Waals surface area contributed by atoms with E-state index in [1.807, 2.05) is 0 Å². The molecule has 0 aliphatic rings. The Labute approximate surface area is 97.0 Å². The molecule has 0 amide bonds. The normalized spacial score (nSPS) is 10.2. The van der Waals surface area contributed by atoms with Crippen LogP contribution in [0.15, 0.2) is 34.9 Å². The van der Waals surface area contributed by atoms with Gasteiger partial charge in [-0.15, -0.1) is 0 Å². The second-order valence-electron chi connectivity index (χ2n) is 3.30. The largest absolute Gasteiger partial charge is 0.461 e. The summed E-state index contributed by atoms with van der Waals surface area (Å²) in [5, 5.41) is 3.59. The first kappa shape index (κ1) is 11.3. The van der Waals surface area contributed by atoms with Crippen LogP contribution in [0.2, 0.25) is 0 Å². The molecule has 1 aromatic heterocycles. The standard InChI is InChI=1S/C12H10FNO3/c1-2-16-12(15)10-7-11(17-14-10)8-3-5-9(13)6-4-8/h3-7H,2H2,1H3. The first-order valence-corrected chi connectivity index (χ1v) is 5.10. The fraction of sp³-hybridized carbons (Fsp3) is 0.167. The molecule has 0 fully saturated rings. The van der Waals surface area contributed by atoms with Crippen LogP contribution in [0.1, 0.15) is 17.4 Å². The Morgan fingerprint density at radius 2 is 2.12 bits per heavy atom. The number of rotatable bonds is 3. The minimum absolute atomic E-state index is 0.103. The number of esters is 1. The molecular formula is C12H10FNO3. The van der Waals surface area contributed by atoms with E-state index < -0.39 is 5.97 Å². The highest BCUT2D eigenvalue weighted by molar-refractivity contribution is 5.88. The molecule has 2 rings (SSSR count). The fourth-order valence-corrected chi connectivity index (χ4v) is 1.33. The molecule has 0 saturated carbocycles. The molecule has 88 valence electrons. The predicted octanol–water partition coefficient (Wildman–Crippen LogP) is 2.66. The Morgan fingerprint density at radius 3 is 2.76 bits per heavy atom. The number of aromatic nitrogens is 1. The van der Waals surface area contributed by atoms with Gasteiger partial charge >= 0.3 is 5.97 Å². The maximum absolute atomic E-state index is 12.7. The van der Waals surface area contributed by atoms with Crippen LogP contribution < -0.4 is 0 Å². The van der Waals surface area contributed by atoms with E-state index in [1.54, 1.807) is 19.1 Å². The predicted molar refractivity (Wildman–Crippen MR) is 57.9 cm³/mol.